The molecule has 180 valence electrons. The van der Waals surface area contributed by atoms with Crippen molar-refractivity contribution in [2.24, 2.45) is 0 Å². The van der Waals surface area contributed by atoms with E-state index in [0.717, 1.165) is 53.9 Å². The van der Waals surface area contributed by atoms with Crippen molar-refractivity contribution in [3.63, 3.8) is 0 Å². The molecule has 0 bridgehead atoms. The van der Waals surface area contributed by atoms with Gasteiger partial charge in [0.25, 0.3) is 0 Å². The highest BCUT2D eigenvalue weighted by Gasteiger charge is 2.53. The standard InChI is InChI=1S/C29H29NO5/c1-4-30(5-2)24-17-26-23(15-18(24)3)29(21-10-7-6-9-20(21)28(31)35-29)22-13-12-19(16-25(22)34-26)33-27-11-8-14-32-27/h6-7,9-10,12-13,15-17,27H,4-5,8,11,14H2,1-3H3. The molecular formula is C29H29NO5. The van der Waals surface area contributed by atoms with E-state index in [1.54, 1.807) is 0 Å². The number of aryl methyl sites for hydroxylation is 1. The molecule has 1 spiro atoms. The van der Waals surface area contributed by atoms with E-state index in [1.165, 1.54) is 0 Å². The second kappa shape index (κ2) is 8.31. The zero-order chi connectivity index (χ0) is 24.2. The highest BCUT2D eigenvalue weighted by Crippen LogP contribution is 2.57. The highest BCUT2D eigenvalue weighted by molar-refractivity contribution is 5.97. The molecule has 0 saturated carbocycles. The van der Waals surface area contributed by atoms with Crippen LogP contribution in [0.5, 0.6) is 17.2 Å². The Morgan fingerprint density at radius 2 is 1.80 bits per heavy atom. The number of benzene rings is 3. The Bertz CT molecular complexity index is 1310. The van der Waals surface area contributed by atoms with Crippen LogP contribution in [0.15, 0.2) is 54.6 Å². The van der Waals surface area contributed by atoms with Gasteiger partial charge in [-0.3, -0.25) is 0 Å². The van der Waals surface area contributed by atoms with E-state index in [2.05, 4.69) is 37.8 Å². The minimum Gasteiger partial charge on any atom is -0.465 e. The minimum atomic E-state index is -1.08. The fourth-order valence-electron chi connectivity index (χ4n) is 5.57. The lowest BCUT2D eigenvalue weighted by Gasteiger charge is -2.38. The van der Waals surface area contributed by atoms with Gasteiger partial charge in [0.2, 0.25) is 0 Å². The first-order valence-corrected chi connectivity index (χ1v) is 12.4. The second-order valence-corrected chi connectivity index (χ2v) is 9.24. The average molecular weight is 472 g/mol. The summed E-state index contributed by atoms with van der Waals surface area (Å²) >= 11 is 0. The molecule has 3 aromatic rings. The van der Waals surface area contributed by atoms with Crippen molar-refractivity contribution in [1.82, 2.24) is 0 Å². The van der Waals surface area contributed by atoms with Crippen LogP contribution in [-0.4, -0.2) is 32.0 Å². The van der Waals surface area contributed by atoms with Gasteiger partial charge in [0, 0.05) is 54.0 Å². The van der Waals surface area contributed by atoms with Crippen LogP contribution in [0.4, 0.5) is 5.69 Å². The fraction of sp³-hybridized carbons (Fsp3) is 0.345. The van der Waals surface area contributed by atoms with Crippen LogP contribution < -0.4 is 14.4 Å². The van der Waals surface area contributed by atoms with Gasteiger partial charge in [-0.05, 0) is 57.0 Å². The third-order valence-electron chi connectivity index (χ3n) is 7.26. The molecule has 6 rings (SSSR count). The average Bonchev–Trinajstić information content (AvgIpc) is 3.48. The maximum absolute atomic E-state index is 13.1. The van der Waals surface area contributed by atoms with E-state index in [0.29, 0.717) is 29.4 Å². The van der Waals surface area contributed by atoms with Crippen molar-refractivity contribution in [2.45, 2.75) is 45.5 Å². The van der Waals surface area contributed by atoms with Crippen LogP contribution in [0.1, 0.15) is 59.3 Å². The lowest BCUT2D eigenvalue weighted by molar-refractivity contribution is -0.0391. The molecular weight excluding hydrogens is 442 g/mol. The summed E-state index contributed by atoms with van der Waals surface area (Å²) < 4.78 is 24.5. The largest absolute Gasteiger partial charge is 0.465 e. The van der Waals surface area contributed by atoms with Crippen LogP contribution in [0.3, 0.4) is 0 Å². The van der Waals surface area contributed by atoms with Crippen LogP contribution in [0.25, 0.3) is 0 Å². The molecule has 6 heteroatoms. The third-order valence-corrected chi connectivity index (χ3v) is 7.26. The third kappa shape index (κ3) is 3.31. The molecule has 0 amide bonds. The number of hydrogen-bond donors (Lipinski definition) is 0. The van der Waals surface area contributed by atoms with Gasteiger partial charge in [0.15, 0.2) is 11.9 Å². The van der Waals surface area contributed by atoms with Crippen molar-refractivity contribution >= 4 is 11.7 Å². The molecule has 1 fully saturated rings. The SMILES string of the molecule is CCN(CC)c1cc2c(cc1C)C1(OC(=O)c3ccccc31)c1ccc(OC3CCCO3)cc1O2. The lowest BCUT2D eigenvalue weighted by Crippen LogP contribution is -2.33. The summed E-state index contributed by atoms with van der Waals surface area (Å²) in [6.07, 6.45) is 1.60. The molecule has 0 aliphatic carbocycles. The van der Waals surface area contributed by atoms with Crippen molar-refractivity contribution in [3.05, 3.63) is 82.4 Å². The fourth-order valence-corrected chi connectivity index (χ4v) is 5.57. The number of esters is 1. The zero-order valence-electron chi connectivity index (χ0n) is 20.3. The Labute approximate surface area is 205 Å². The van der Waals surface area contributed by atoms with Crippen LogP contribution in [0, 0.1) is 6.92 Å². The van der Waals surface area contributed by atoms with Gasteiger partial charge in [-0.2, -0.15) is 0 Å². The molecule has 0 N–H and O–H groups in total. The topological polar surface area (TPSA) is 57.2 Å². The van der Waals surface area contributed by atoms with Crippen molar-refractivity contribution < 1.29 is 23.7 Å². The summed E-state index contributed by atoms with van der Waals surface area (Å²) in [6, 6.07) is 17.5. The maximum Gasteiger partial charge on any atom is 0.340 e. The van der Waals surface area contributed by atoms with E-state index in [1.807, 2.05) is 42.5 Å². The van der Waals surface area contributed by atoms with E-state index >= 15 is 0 Å². The predicted molar refractivity (Wildman–Crippen MR) is 133 cm³/mol. The molecule has 6 nitrogen and oxygen atoms in total. The van der Waals surface area contributed by atoms with E-state index < -0.39 is 5.60 Å². The first kappa shape index (κ1) is 22.0. The van der Waals surface area contributed by atoms with Gasteiger partial charge in [0.05, 0.1) is 12.2 Å². The number of carbonyl (C=O) groups is 1. The molecule has 1 saturated heterocycles. The van der Waals surface area contributed by atoms with E-state index in [-0.39, 0.29) is 12.3 Å². The number of nitrogens with zero attached hydrogens (tertiary/aromatic N) is 1. The summed E-state index contributed by atoms with van der Waals surface area (Å²) in [5, 5.41) is 0. The number of anilines is 1. The Balaban J connectivity index is 1.55. The molecule has 0 radical (unpaired) electrons. The van der Waals surface area contributed by atoms with Crippen molar-refractivity contribution in [1.29, 1.82) is 0 Å². The summed E-state index contributed by atoms with van der Waals surface area (Å²) in [5.41, 5.74) is 4.18. The van der Waals surface area contributed by atoms with Gasteiger partial charge >= 0.3 is 5.97 Å². The Hall–Kier alpha value is -3.51. The predicted octanol–water partition coefficient (Wildman–Crippen LogP) is 5.92. The van der Waals surface area contributed by atoms with Gasteiger partial charge in [-0.1, -0.05) is 18.2 Å². The molecule has 0 aromatic heterocycles. The Morgan fingerprint density at radius 3 is 2.57 bits per heavy atom. The smallest absolute Gasteiger partial charge is 0.340 e. The summed E-state index contributed by atoms with van der Waals surface area (Å²) in [7, 11) is 0. The molecule has 2 atom stereocenters. The lowest BCUT2D eigenvalue weighted by atomic mass is 9.77. The summed E-state index contributed by atoms with van der Waals surface area (Å²) in [4.78, 5) is 15.4. The molecule has 35 heavy (non-hydrogen) atoms. The van der Waals surface area contributed by atoms with Gasteiger partial charge in [-0.15, -0.1) is 0 Å². The summed E-state index contributed by atoms with van der Waals surface area (Å²) in [5.74, 6) is 1.64. The molecule has 3 aliphatic rings. The molecule has 3 aliphatic heterocycles. The highest BCUT2D eigenvalue weighted by atomic mass is 16.7. The zero-order valence-corrected chi connectivity index (χ0v) is 20.3. The monoisotopic (exact) mass is 471 g/mol. The van der Waals surface area contributed by atoms with Gasteiger partial charge in [0.1, 0.15) is 17.2 Å². The minimum absolute atomic E-state index is 0.250. The first-order valence-electron chi connectivity index (χ1n) is 12.4. The number of fused-ring (bicyclic) bond motifs is 6. The Morgan fingerprint density at radius 1 is 1.00 bits per heavy atom. The number of ether oxygens (including phenoxy) is 4. The maximum atomic E-state index is 13.1. The van der Waals surface area contributed by atoms with Crippen LogP contribution >= 0.6 is 0 Å². The van der Waals surface area contributed by atoms with Crippen molar-refractivity contribution in [3.8, 4) is 17.2 Å². The van der Waals surface area contributed by atoms with Gasteiger partial charge in [-0.25, -0.2) is 4.79 Å². The molecule has 3 heterocycles. The number of hydrogen-bond acceptors (Lipinski definition) is 6. The first-order chi connectivity index (χ1) is 17.0. The van der Waals surface area contributed by atoms with Crippen molar-refractivity contribution in [2.75, 3.05) is 24.6 Å². The molecule has 3 aromatic carbocycles. The normalized spacial score (nSPS) is 21.7. The number of rotatable bonds is 5. The quantitative estimate of drug-likeness (QED) is 0.430. The van der Waals surface area contributed by atoms with E-state index in [4.69, 9.17) is 18.9 Å². The summed E-state index contributed by atoms with van der Waals surface area (Å²) in [6.45, 7) is 8.86. The number of carbonyl (C=O) groups excluding carboxylic acids is 1. The Kier molecular flexibility index (Phi) is 5.22. The van der Waals surface area contributed by atoms with Crippen LogP contribution in [0.2, 0.25) is 0 Å². The molecule has 2 unspecified atom stereocenters. The van der Waals surface area contributed by atoms with Gasteiger partial charge < -0.3 is 23.8 Å². The van der Waals surface area contributed by atoms with Crippen LogP contribution in [-0.2, 0) is 15.1 Å². The van der Waals surface area contributed by atoms with E-state index in [9.17, 15) is 4.79 Å². The second-order valence-electron chi connectivity index (χ2n) is 9.24.